The first-order chi connectivity index (χ1) is 4.41. The molecule has 2 aliphatic heterocycles. The van der Waals surface area contributed by atoms with E-state index in [1.54, 1.807) is 0 Å². The highest BCUT2D eigenvalue weighted by Gasteiger charge is 2.38. The molecule has 2 saturated heterocycles. The predicted octanol–water partition coefficient (Wildman–Crippen LogP) is 0.117. The molecule has 0 bridgehead atoms. The lowest BCUT2D eigenvalue weighted by Gasteiger charge is -2.44. The maximum absolute atomic E-state index is 4.52. The van der Waals surface area contributed by atoms with E-state index >= 15 is 0 Å². The highest BCUT2D eigenvalue weighted by Crippen LogP contribution is 2.29. The van der Waals surface area contributed by atoms with Crippen molar-refractivity contribution in [3.63, 3.8) is 0 Å². The Morgan fingerprint density at radius 3 is 2.11 bits per heavy atom. The van der Waals surface area contributed by atoms with Crippen LogP contribution in [-0.4, -0.2) is 25.2 Å². The van der Waals surface area contributed by atoms with E-state index in [9.17, 15) is 0 Å². The fourth-order valence-corrected chi connectivity index (χ4v) is 1.73. The molecule has 2 heteroatoms. The number of hydrogen-bond acceptors (Lipinski definition) is 1. The molecule has 2 nitrogen and oxygen atoms in total. The summed E-state index contributed by atoms with van der Waals surface area (Å²) in [6.45, 7) is 3.49. The molecule has 0 amide bonds. The summed E-state index contributed by atoms with van der Waals surface area (Å²) in [5.74, 6) is 0. The van der Waals surface area contributed by atoms with Crippen LogP contribution >= 0.6 is 0 Å². The van der Waals surface area contributed by atoms with Gasteiger partial charge in [0.25, 0.3) is 0 Å². The second-order valence-electron chi connectivity index (χ2n) is 3.11. The van der Waals surface area contributed by atoms with Crippen molar-refractivity contribution in [2.45, 2.75) is 24.8 Å². The van der Waals surface area contributed by atoms with Crippen molar-refractivity contribution < 1.29 is 0 Å². The molecule has 0 atom stereocenters. The zero-order valence-electron chi connectivity index (χ0n) is 5.69. The second kappa shape index (κ2) is 1.96. The van der Waals surface area contributed by atoms with Gasteiger partial charge in [0.15, 0.2) is 0 Å². The fraction of sp³-hybridized carbons (Fsp3) is 1.00. The second-order valence-corrected chi connectivity index (χ2v) is 3.11. The highest BCUT2D eigenvalue weighted by molar-refractivity contribution is 4.98. The summed E-state index contributed by atoms with van der Waals surface area (Å²) in [5, 5.41) is 7.87. The highest BCUT2D eigenvalue weighted by atomic mass is 15.1. The Morgan fingerprint density at radius 1 is 1.11 bits per heavy atom. The van der Waals surface area contributed by atoms with Gasteiger partial charge < -0.3 is 5.32 Å². The maximum Gasteiger partial charge on any atom is 0.0393 e. The van der Waals surface area contributed by atoms with E-state index in [1.165, 1.54) is 32.4 Å². The van der Waals surface area contributed by atoms with Crippen LogP contribution in [0.4, 0.5) is 0 Å². The van der Waals surface area contributed by atoms with Crippen molar-refractivity contribution in [1.29, 1.82) is 0 Å². The van der Waals surface area contributed by atoms with Gasteiger partial charge in [-0.15, -0.1) is 0 Å². The topological polar surface area (TPSA) is 26.1 Å². The molecule has 2 heterocycles. The third kappa shape index (κ3) is 0.864. The van der Waals surface area contributed by atoms with E-state index in [0.717, 1.165) is 6.54 Å². The van der Waals surface area contributed by atoms with Crippen LogP contribution in [0.15, 0.2) is 0 Å². The van der Waals surface area contributed by atoms with Crippen LogP contribution in [0.25, 0.3) is 0 Å². The number of nitrogens with one attached hydrogen (secondary N) is 1. The molecular formula is C7H13N2. The minimum atomic E-state index is 0.464. The van der Waals surface area contributed by atoms with Crippen LogP contribution in [-0.2, 0) is 0 Å². The predicted molar refractivity (Wildman–Crippen MR) is 36.5 cm³/mol. The summed E-state index contributed by atoms with van der Waals surface area (Å²) in [5.41, 5.74) is 0.464. The molecule has 51 valence electrons. The summed E-state index contributed by atoms with van der Waals surface area (Å²) in [6.07, 6.45) is 3.93. The smallest absolute Gasteiger partial charge is 0.0393 e. The third-order valence-corrected chi connectivity index (χ3v) is 2.56. The molecule has 2 rings (SSSR count). The zero-order valence-corrected chi connectivity index (χ0v) is 5.69. The van der Waals surface area contributed by atoms with Crippen molar-refractivity contribution in [3.05, 3.63) is 0 Å². The van der Waals surface area contributed by atoms with E-state index in [0.29, 0.717) is 5.54 Å². The van der Waals surface area contributed by atoms with Crippen LogP contribution in [0.2, 0.25) is 0 Å². The normalized spacial score (nSPS) is 32.0. The van der Waals surface area contributed by atoms with Gasteiger partial charge in [-0.2, -0.15) is 0 Å². The van der Waals surface area contributed by atoms with Gasteiger partial charge >= 0.3 is 0 Å². The molecule has 0 saturated carbocycles. The molecule has 0 unspecified atom stereocenters. The molecule has 1 N–H and O–H groups in total. The van der Waals surface area contributed by atoms with E-state index in [4.69, 9.17) is 0 Å². The average Bonchev–Trinajstić information content (AvgIpc) is 1.87. The van der Waals surface area contributed by atoms with E-state index in [1.807, 2.05) is 0 Å². The fourth-order valence-electron chi connectivity index (χ4n) is 1.73. The van der Waals surface area contributed by atoms with Gasteiger partial charge in [0.1, 0.15) is 0 Å². The van der Waals surface area contributed by atoms with E-state index in [-0.39, 0.29) is 0 Å². The van der Waals surface area contributed by atoms with Crippen LogP contribution < -0.4 is 10.6 Å². The Bertz CT molecular complexity index is 99.5. The summed E-state index contributed by atoms with van der Waals surface area (Å²) < 4.78 is 0. The van der Waals surface area contributed by atoms with E-state index < -0.39 is 0 Å². The lowest BCUT2D eigenvalue weighted by Crippen LogP contribution is -2.56. The summed E-state index contributed by atoms with van der Waals surface area (Å²) in [4.78, 5) is 0. The Morgan fingerprint density at radius 2 is 1.78 bits per heavy atom. The lowest BCUT2D eigenvalue weighted by molar-refractivity contribution is 0.146. The molecule has 0 aromatic rings. The lowest BCUT2D eigenvalue weighted by atomic mass is 9.80. The van der Waals surface area contributed by atoms with E-state index in [2.05, 4.69) is 10.6 Å². The van der Waals surface area contributed by atoms with Gasteiger partial charge in [-0.3, -0.25) is 0 Å². The van der Waals surface area contributed by atoms with Crippen LogP contribution in [0.3, 0.4) is 0 Å². The van der Waals surface area contributed by atoms with Crippen molar-refractivity contribution in [3.8, 4) is 0 Å². The SMILES string of the molecule is C1CC2(CCNCC2)[N]1. The number of piperidine rings is 1. The monoisotopic (exact) mass is 125 g/mol. The molecular weight excluding hydrogens is 112 g/mol. The maximum atomic E-state index is 4.52. The number of rotatable bonds is 0. The molecule has 0 aromatic carbocycles. The number of nitrogens with zero attached hydrogens (tertiary/aromatic N) is 1. The molecule has 1 spiro atoms. The summed E-state index contributed by atoms with van der Waals surface area (Å²) in [7, 11) is 0. The van der Waals surface area contributed by atoms with Crippen molar-refractivity contribution >= 4 is 0 Å². The number of hydrogen-bond donors (Lipinski definition) is 1. The molecule has 1 radical (unpaired) electrons. The Kier molecular flexibility index (Phi) is 1.24. The van der Waals surface area contributed by atoms with Crippen LogP contribution in [0.1, 0.15) is 19.3 Å². The first-order valence-electron chi connectivity index (χ1n) is 3.81. The van der Waals surface area contributed by atoms with Crippen molar-refractivity contribution in [1.82, 2.24) is 10.6 Å². The Balaban J connectivity index is 1.93. The summed E-state index contributed by atoms with van der Waals surface area (Å²) in [6, 6.07) is 0. The minimum Gasteiger partial charge on any atom is -0.317 e. The first kappa shape index (κ1) is 5.69. The Labute approximate surface area is 56.0 Å². The van der Waals surface area contributed by atoms with Crippen molar-refractivity contribution in [2.75, 3.05) is 19.6 Å². The average molecular weight is 125 g/mol. The largest absolute Gasteiger partial charge is 0.317 e. The molecule has 2 aliphatic rings. The molecule has 2 fully saturated rings. The quantitative estimate of drug-likeness (QED) is 0.489. The molecule has 0 aliphatic carbocycles. The minimum absolute atomic E-state index is 0.464. The van der Waals surface area contributed by atoms with Crippen LogP contribution in [0, 0.1) is 0 Å². The molecule has 0 aromatic heterocycles. The molecule has 9 heavy (non-hydrogen) atoms. The zero-order chi connectivity index (χ0) is 6.16. The van der Waals surface area contributed by atoms with Gasteiger partial charge in [0.05, 0.1) is 0 Å². The van der Waals surface area contributed by atoms with Gasteiger partial charge in [-0.1, -0.05) is 0 Å². The van der Waals surface area contributed by atoms with Crippen molar-refractivity contribution in [2.24, 2.45) is 0 Å². The van der Waals surface area contributed by atoms with Gasteiger partial charge in [-0.05, 0) is 32.4 Å². The van der Waals surface area contributed by atoms with Gasteiger partial charge in [0, 0.05) is 12.1 Å². The van der Waals surface area contributed by atoms with Gasteiger partial charge in [0.2, 0.25) is 0 Å². The van der Waals surface area contributed by atoms with Crippen LogP contribution in [0.5, 0.6) is 0 Å². The third-order valence-electron chi connectivity index (χ3n) is 2.56. The van der Waals surface area contributed by atoms with Gasteiger partial charge in [-0.25, -0.2) is 5.32 Å². The first-order valence-corrected chi connectivity index (χ1v) is 3.81. The standard InChI is InChI=1S/C7H13N2/c1-4-8-5-2-7(1)3-6-9-7/h8H,1-6H2. The summed E-state index contributed by atoms with van der Waals surface area (Å²) >= 11 is 0. The Hall–Kier alpha value is -0.0800.